The van der Waals surface area contributed by atoms with Crippen LogP contribution in [0.3, 0.4) is 0 Å². The summed E-state index contributed by atoms with van der Waals surface area (Å²) >= 11 is 0. The zero-order valence-corrected chi connectivity index (χ0v) is 18.4. The Kier molecular flexibility index (Phi) is 4.21. The Morgan fingerprint density at radius 3 is 2.33 bits per heavy atom. The molecule has 0 atom stereocenters. The normalized spacial score (nSPS) is 12.3. The molecule has 0 amide bonds. The first-order valence-corrected chi connectivity index (χ1v) is 10.6. The van der Waals surface area contributed by atoms with Crippen molar-refractivity contribution in [3.8, 4) is 11.3 Å². The van der Waals surface area contributed by atoms with E-state index in [2.05, 4.69) is 106 Å². The van der Waals surface area contributed by atoms with Crippen molar-refractivity contribution < 1.29 is 8.98 Å². The van der Waals surface area contributed by atoms with Crippen LogP contribution in [0.4, 0.5) is 0 Å². The molecule has 2 heteroatoms. The molecule has 0 aliphatic rings. The fourth-order valence-electron chi connectivity index (χ4n) is 4.54. The van der Waals surface area contributed by atoms with Crippen molar-refractivity contribution in [3.63, 3.8) is 0 Å². The standard InChI is InChI=1S/C28H28NO/c1-18-22(25-14-19(12-13-29(25)5)17-28(2,3)4)10-11-23-24-15-20-8-6-7-9-21(20)16-26(24)30-27(18)23/h6-16H,17H2,1-5H3/q+1. The van der Waals surface area contributed by atoms with Crippen molar-refractivity contribution in [1.29, 1.82) is 0 Å². The topological polar surface area (TPSA) is 17.0 Å². The molecule has 0 aliphatic heterocycles. The second-order valence-electron chi connectivity index (χ2n) is 9.68. The minimum Gasteiger partial charge on any atom is -0.456 e. The van der Waals surface area contributed by atoms with Crippen LogP contribution in [-0.4, -0.2) is 0 Å². The highest BCUT2D eigenvalue weighted by Gasteiger charge is 2.20. The number of benzene rings is 3. The van der Waals surface area contributed by atoms with Gasteiger partial charge in [0.05, 0.1) is 5.56 Å². The summed E-state index contributed by atoms with van der Waals surface area (Å²) in [6, 6.07) is 21.9. The molecule has 0 fully saturated rings. The van der Waals surface area contributed by atoms with Gasteiger partial charge in [0, 0.05) is 28.5 Å². The Morgan fingerprint density at radius 2 is 1.60 bits per heavy atom. The first-order valence-electron chi connectivity index (χ1n) is 10.6. The lowest BCUT2D eigenvalue weighted by Crippen LogP contribution is -2.31. The zero-order chi connectivity index (χ0) is 21.0. The molecule has 3 aromatic carbocycles. The minimum atomic E-state index is 0.261. The zero-order valence-electron chi connectivity index (χ0n) is 18.4. The molecule has 0 radical (unpaired) electrons. The Bertz CT molecular complexity index is 1420. The number of hydrogen-bond donors (Lipinski definition) is 0. The van der Waals surface area contributed by atoms with E-state index in [4.69, 9.17) is 4.42 Å². The molecule has 5 rings (SSSR count). The summed E-state index contributed by atoms with van der Waals surface area (Å²) in [6.07, 6.45) is 3.23. The molecule has 2 nitrogen and oxygen atoms in total. The van der Waals surface area contributed by atoms with E-state index in [-0.39, 0.29) is 5.41 Å². The molecule has 0 saturated heterocycles. The molecule has 0 spiro atoms. The van der Waals surface area contributed by atoms with E-state index in [1.54, 1.807) is 0 Å². The number of hydrogen-bond acceptors (Lipinski definition) is 1. The van der Waals surface area contributed by atoms with E-state index in [0.717, 1.165) is 17.6 Å². The van der Waals surface area contributed by atoms with E-state index < -0.39 is 0 Å². The third-order valence-corrected chi connectivity index (χ3v) is 5.98. The minimum absolute atomic E-state index is 0.261. The number of furan rings is 1. The number of pyridine rings is 1. The van der Waals surface area contributed by atoms with E-state index in [1.165, 1.54) is 43.9 Å². The van der Waals surface area contributed by atoms with Crippen molar-refractivity contribution in [2.24, 2.45) is 12.5 Å². The molecule has 0 bridgehead atoms. The van der Waals surface area contributed by atoms with Crippen LogP contribution in [-0.2, 0) is 13.5 Å². The second kappa shape index (κ2) is 6.70. The van der Waals surface area contributed by atoms with Gasteiger partial charge in [-0.2, -0.15) is 0 Å². The molecule has 5 aromatic rings. The number of rotatable bonds is 2. The predicted molar refractivity (Wildman–Crippen MR) is 126 cm³/mol. The summed E-state index contributed by atoms with van der Waals surface area (Å²) in [5.74, 6) is 0. The van der Waals surface area contributed by atoms with Gasteiger partial charge >= 0.3 is 0 Å². The number of aromatic nitrogens is 1. The molecule has 0 aliphatic carbocycles. The van der Waals surface area contributed by atoms with Crippen LogP contribution < -0.4 is 4.57 Å². The fourth-order valence-corrected chi connectivity index (χ4v) is 4.54. The van der Waals surface area contributed by atoms with E-state index in [9.17, 15) is 0 Å². The van der Waals surface area contributed by atoms with Gasteiger partial charge in [0.2, 0.25) is 5.69 Å². The van der Waals surface area contributed by atoms with Gasteiger partial charge in [0.25, 0.3) is 0 Å². The predicted octanol–water partition coefficient (Wildman–Crippen LogP) is 7.13. The van der Waals surface area contributed by atoms with Gasteiger partial charge in [-0.25, -0.2) is 4.57 Å². The van der Waals surface area contributed by atoms with Crippen LogP contribution in [0.15, 0.2) is 71.3 Å². The smallest absolute Gasteiger partial charge is 0.212 e. The molecular weight excluding hydrogens is 366 g/mol. The van der Waals surface area contributed by atoms with Gasteiger partial charge in [0.1, 0.15) is 18.2 Å². The maximum absolute atomic E-state index is 6.39. The van der Waals surface area contributed by atoms with Crippen molar-refractivity contribution in [2.75, 3.05) is 0 Å². The van der Waals surface area contributed by atoms with Crippen LogP contribution in [0.2, 0.25) is 0 Å². The maximum atomic E-state index is 6.39. The highest BCUT2D eigenvalue weighted by Crippen LogP contribution is 2.37. The Morgan fingerprint density at radius 1 is 0.867 bits per heavy atom. The lowest BCUT2D eigenvalue weighted by molar-refractivity contribution is -0.660. The Labute approximate surface area is 177 Å². The van der Waals surface area contributed by atoms with Crippen molar-refractivity contribution in [3.05, 3.63) is 78.0 Å². The quantitative estimate of drug-likeness (QED) is 0.291. The molecule has 2 aromatic heterocycles. The summed E-state index contributed by atoms with van der Waals surface area (Å²) < 4.78 is 8.60. The maximum Gasteiger partial charge on any atom is 0.212 e. The second-order valence-corrected chi connectivity index (χ2v) is 9.68. The lowest BCUT2D eigenvalue weighted by Gasteiger charge is -2.18. The highest BCUT2D eigenvalue weighted by atomic mass is 16.3. The average molecular weight is 395 g/mol. The largest absolute Gasteiger partial charge is 0.456 e. The van der Waals surface area contributed by atoms with Gasteiger partial charge in [-0.15, -0.1) is 0 Å². The molecule has 0 unspecified atom stereocenters. The first-order chi connectivity index (χ1) is 14.3. The van der Waals surface area contributed by atoms with Crippen LogP contribution in [0.25, 0.3) is 44.0 Å². The van der Waals surface area contributed by atoms with Crippen LogP contribution in [0.1, 0.15) is 31.9 Å². The van der Waals surface area contributed by atoms with Gasteiger partial charge < -0.3 is 4.42 Å². The van der Waals surface area contributed by atoms with Crippen molar-refractivity contribution >= 4 is 32.7 Å². The van der Waals surface area contributed by atoms with Gasteiger partial charge in [-0.05, 0) is 59.4 Å². The Hall–Kier alpha value is -3.13. The summed E-state index contributed by atoms with van der Waals surface area (Å²) in [6.45, 7) is 9.04. The van der Waals surface area contributed by atoms with Crippen molar-refractivity contribution in [1.82, 2.24) is 0 Å². The molecule has 30 heavy (non-hydrogen) atoms. The molecule has 150 valence electrons. The fraction of sp³-hybridized carbons (Fsp3) is 0.250. The van der Waals surface area contributed by atoms with Crippen LogP contribution >= 0.6 is 0 Å². The van der Waals surface area contributed by atoms with Gasteiger partial charge in [-0.1, -0.05) is 45.0 Å². The highest BCUT2D eigenvalue weighted by molar-refractivity contribution is 6.11. The molecule has 0 saturated carbocycles. The number of aryl methyl sites for hydroxylation is 2. The lowest BCUT2D eigenvalue weighted by atomic mass is 9.88. The summed E-state index contributed by atoms with van der Waals surface area (Å²) in [5, 5.41) is 4.83. The number of fused-ring (bicyclic) bond motifs is 4. The summed E-state index contributed by atoms with van der Waals surface area (Å²) in [7, 11) is 2.12. The summed E-state index contributed by atoms with van der Waals surface area (Å²) in [4.78, 5) is 0. The molecule has 2 heterocycles. The van der Waals surface area contributed by atoms with Gasteiger partial charge in [-0.3, -0.25) is 0 Å². The third kappa shape index (κ3) is 3.17. The van der Waals surface area contributed by atoms with E-state index >= 15 is 0 Å². The SMILES string of the molecule is Cc1c(-c2cc(CC(C)(C)C)cc[n+]2C)ccc2c1oc1cc3ccccc3cc12. The van der Waals surface area contributed by atoms with E-state index in [1.807, 2.05) is 0 Å². The molecular formula is C28H28NO+. The van der Waals surface area contributed by atoms with Crippen molar-refractivity contribution in [2.45, 2.75) is 34.1 Å². The van der Waals surface area contributed by atoms with Crippen LogP contribution in [0, 0.1) is 12.3 Å². The van der Waals surface area contributed by atoms with E-state index in [0.29, 0.717) is 0 Å². The van der Waals surface area contributed by atoms with Gasteiger partial charge in [0.15, 0.2) is 6.20 Å². The Balaban J connectivity index is 1.71. The number of nitrogens with zero attached hydrogens (tertiary/aromatic N) is 1. The first kappa shape index (κ1) is 18.9. The molecule has 0 N–H and O–H groups in total. The third-order valence-electron chi connectivity index (χ3n) is 5.98. The summed E-state index contributed by atoms with van der Waals surface area (Å²) in [5.41, 5.74) is 7.21. The van der Waals surface area contributed by atoms with Crippen LogP contribution in [0.5, 0.6) is 0 Å². The monoisotopic (exact) mass is 394 g/mol. The average Bonchev–Trinajstić information content (AvgIpc) is 3.06.